The zero-order chi connectivity index (χ0) is 8.91. The van der Waals surface area contributed by atoms with E-state index in [2.05, 4.69) is 27.1 Å². The molecule has 0 spiro atoms. The first-order valence-electron chi connectivity index (χ1n) is 2.90. The molecule has 0 saturated heterocycles. The van der Waals surface area contributed by atoms with Crippen LogP contribution in [0.1, 0.15) is 0 Å². The summed E-state index contributed by atoms with van der Waals surface area (Å²) in [4.78, 5) is 0. The van der Waals surface area contributed by atoms with Gasteiger partial charge in [-0.25, -0.2) is 0 Å². The number of hydrogen-bond acceptors (Lipinski definition) is 5. The molecular weight excluding hydrogens is 186 g/mol. The Morgan fingerprint density at radius 1 is 1.73 bits per heavy atom. The molecule has 0 fully saturated rings. The summed E-state index contributed by atoms with van der Waals surface area (Å²) in [6.45, 7) is 0.344. The van der Waals surface area contributed by atoms with Crippen LogP contribution in [0.2, 0.25) is 0 Å². The zero-order valence-electron chi connectivity index (χ0n) is 6.33. The first-order valence-corrected chi connectivity index (χ1v) is 5.12. The summed E-state index contributed by atoms with van der Waals surface area (Å²) in [5, 5.41) is 5.00. The average Bonchev–Trinajstić information content (AvgIpc) is 1.84. The van der Waals surface area contributed by atoms with Gasteiger partial charge in [-0.05, 0) is 7.05 Å². The van der Waals surface area contributed by atoms with E-state index in [4.69, 9.17) is 0 Å². The Hall–Kier alpha value is -0.0400. The lowest BCUT2D eigenvalue weighted by molar-refractivity contribution is 0.279. The molecule has 0 aliphatic rings. The highest BCUT2D eigenvalue weighted by molar-refractivity contribution is 7.86. The third-order valence-electron chi connectivity index (χ3n) is 0.812. The normalized spacial score (nSPS) is 14.4. The summed E-state index contributed by atoms with van der Waals surface area (Å²) in [5.74, 6) is 0. The molecular formula is C5H10NO3S2. The minimum absolute atomic E-state index is 0.344. The zero-order valence-corrected chi connectivity index (χ0v) is 7.96. The number of thiocarbonyl (C=S) groups is 1. The molecule has 1 unspecified atom stereocenters. The fourth-order valence-corrected chi connectivity index (χ4v) is 1.22. The second-order valence-corrected chi connectivity index (χ2v) is 3.80. The van der Waals surface area contributed by atoms with Crippen LogP contribution in [-0.4, -0.2) is 39.7 Å². The highest BCUT2D eigenvalue weighted by atomic mass is 32.2. The van der Waals surface area contributed by atoms with Crippen molar-refractivity contribution in [3.8, 4) is 0 Å². The number of hydrogen-bond donors (Lipinski definition) is 1. The van der Waals surface area contributed by atoms with Crippen molar-refractivity contribution in [2.45, 2.75) is 6.10 Å². The van der Waals surface area contributed by atoms with E-state index in [0.29, 0.717) is 6.54 Å². The molecule has 0 amide bonds. The molecule has 0 bridgehead atoms. The van der Waals surface area contributed by atoms with Crippen LogP contribution in [0.4, 0.5) is 0 Å². The smallest absolute Gasteiger partial charge is 0.265 e. The molecule has 4 nitrogen and oxygen atoms in total. The first-order chi connectivity index (χ1) is 4.99. The van der Waals surface area contributed by atoms with Crippen molar-refractivity contribution in [2.24, 2.45) is 0 Å². The Kier molecular flexibility index (Phi) is 4.74. The summed E-state index contributed by atoms with van der Waals surface area (Å²) in [6, 6.07) is 0. The Balaban J connectivity index is 3.98. The van der Waals surface area contributed by atoms with Gasteiger partial charge in [-0.2, -0.15) is 8.42 Å². The van der Waals surface area contributed by atoms with Gasteiger partial charge in [0.2, 0.25) is 0 Å². The number of likely N-dealkylation sites (N-methyl/N-ethyl adjacent to an activating group) is 1. The summed E-state index contributed by atoms with van der Waals surface area (Å²) in [7, 11) is -1.75. The van der Waals surface area contributed by atoms with Crippen LogP contribution in [-0.2, 0) is 14.3 Å². The van der Waals surface area contributed by atoms with Gasteiger partial charge in [-0.3, -0.25) is 4.18 Å². The third-order valence-corrected chi connectivity index (χ3v) is 1.66. The maximum absolute atomic E-state index is 10.5. The predicted molar refractivity (Wildman–Crippen MR) is 46.2 cm³/mol. The van der Waals surface area contributed by atoms with Gasteiger partial charge in [-0.15, -0.1) is 0 Å². The van der Waals surface area contributed by atoms with Crippen LogP contribution >= 0.6 is 12.2 Å². The van der Waals surface area contributed by atoms with Gasteiger partial charge in [0, 0.05) is 6.54 Å². The molecule has 0 heterocycles. The van der Waals surface area contributed by atoms with E-state index >= 15 is 0 Å². The minimum atomic E-state index is -3.43. The second kappa shape index (κ2) is 4.76. The quantitative estimate of drug-likeness (QED) is 0.471. The van der Waals surface area contributed by atoms with E-state index < -0.39 is 16.2 Å². The molecule has 0 aromatic heterocycles. The Morgan fingerprint density at radius 3 is 2.55 bits per heavy atom. The maximum atomic E-state index is 10.5. The van der Waals surface area contributed by atoms with Gasteiger partial charge in [0.25, 0.3) is 10.1 Å². The maximum Gasteiger partial charge on any atom is 0.265 e. The van der Waals surface area contributed by atoms with Crippen molar-refractivity contribution in [3.05, 3.63) is 0 Å². The van der Waals surface area contributed by atoms with E-state index in [0.717, 1.165) is 6.26 Å². The van der Waals surface area contributed by atoms with Crippen molar-refractivity contribution in [3.63, 3.8) is 0 Å². The predicted octanol–water partition coefficient (Wildman–Crippen LogP) is -0.573. The van der Waals surface area contributed by atoms with E-state index in [1.54, 1.807) is 7.05 Å². The molecule has 1 N–H and O–H groups in total. The van der Waals surface area contributed by atoms with Crippen LogP contribution in [0.15, 0.2) is 0 Å². The summed E-state index contributed by atoms with van der Waals surface area (Å²) < 4.78 is 25.6. The highest BCUT2D eigenvalue weighted by Crippen LogP contribution is 1.93. The Labute approximate surface area is 72.1 Å². The van der Waals surface area contributed by atoms with Crippen LogP contribution in [0.3, 0.4) is 0 Å². The molecule has 0 aliphatic heterocycles. The molecule has 0 saturated carbocycles. The van der Waals surface area contributed by atoms with Crippen molar-refractivity contribution in [1.29, 1.82) is 0 Å². The van der Waals surface area contributed by atoms with E-state index in [9.17, 15) is 8.42 Å². The van der Waals surface area contributed by atoms with Crippen molar-refractivity contribution < 1.29 is 12.6 Å². The second-order valence-electron chi connectivity index (χ2n) is 1.96. The van der Waals surface area contributed by atoms with Crippen LogP contribution in [0.5, 0.6) is 0 Å². The third kappa shape index (κ3) is 6.36. The average molecular weight is 196 g/mol. The van der Waals surface area contributed by atoms with Gasteiger partial charge >= 0.3 is 0 Å². The van der Waals surface area contributed by atoms with Crippen LogP contribution in [0.25, 0.3) is 0 Å². The molecule has 6 heteroatoms. The topological polar surface area (TPSA) is 55.4 Å². The molecule has 0 rings (SSSR count). The number of rotatable bonds is 5. The molecule has 11 heavy (non-hydrogen) atoms. The Bertz CT molecular complexity index is 212. The summed E-state index contributed by atoms with van der Waals surface area (Å²) in [5.41, 5.74) is 0. The lowest BCUT2D eigenvalue weighted by Crippen LogP contribution is -2.29. The molecule has 65 valence electrons. The fraction of sp³-hybridized carbons (Fsp3) is 0.800. The van der Waals surface area contributed by atoms with Gasteiger partial charge < -0.3 is 5.32 Å². The SMILES string of the molecule is CNCC([C]=S)OS(C)(=O)=O. The molecule has 1 atom stereocenters. The molecule has 0 aromatic rings. The largest absolute Gasteiger partial charge is 0.317 e. The van der Waals surface area contributed by atoms with Crippen molar-refractivity contribution >= 4 is 27.7 Å². The molecule has 1 radical (unpaired) electrons. The monoisotopic (exact) mass is 196 g/mol. The summed E-state index contributed by atoms with van der Waals surface area (Å²) >= 11 is 4.43. The lowest BCUT2D eigenvalue weighted by atomic mass is 10.4. The van der Waals surface area contributed by atoms with E-state index in [1.807, 2.05) is 0 Å². The molecule has 0 aromatic carbocycles. The lowest BCUT2D eigenvalue weighted by Gasteiger charge is -2.08. The molecule has 0 aliphatic carbocycles. The highest BCUT2D eigenvalue weighted by Gasteiger charge is 2.11. The van der Waals surface area contributed by atoms with Gasteiger partial charge in [0.05, 0.1) is 11.6 Å². The van der Waals surface area contributed by atoms with Crippen molar-refractivity contribution in [1.82, 2.24) is 5.32 Å². The van der Waals surface area contributed by atoms with Gasteiger partial charge in [0.1, 0.15) is 6.10 Å². The number of nitrogens with one attached hydrogen (secondary N) is 1. The van der Waals surface area contributed by atoms with E-state index in [1.165, 1.54) is 0 Å². The summed E-state index contributed by atoms with van der Waals surface area (Å²) in [6.07, 6.45) is 0.299. The van der Waals surface area contributed by atoms with Gasteiger partial charge in [-0.1, -0.05) is 12.2 Å². The standard InChI is InChI=1S/C5H10NO3S2/c1-6-3-5(4-10)9-11(2,7)8/h5-6H,3H2,1-2H3. The van der Waals surface area contributed by atoms with E-state index in [-0.39, 0.29) is 0 Å². The minimum Gasteiger partial charge on any atom is -0.317 e. The first kappa shape index (κ1) is 11.0. The van der Waals surface area contributed by atoms with Crippen molar-refractivity contribution in [2.75, 3.05) is 19.8 Å². The van der Waals surface area contributed by atoms with Crippen LogP contribution in [0, 0.1) is 0 Å². The Morgan fingerprint density at radius 2 is 2.27 bits per heavy atom. The fourth-order valence-electron chi connectivity index (χ4n) is 0.492. The van der Waals surface area contributed by atoms with Gasteiger partial charge in [0.15, 0.2) is 0 Å². The van der Waals surface area contributed by atoms with Crippen LogP contribution < -0.4 is 5.32 Å².